The van der Waals surface area contributed by atoms with Gasteiger partial charge in [0.25, 0.3) is 0 Å². The highest BCUT2D eigenvalue weighted by atomic mass is 127. The Morgan fingerprint density at radius 2 is 1.93 bits per heavy atom. The van der Waals surface area contributed by atoms with Gasteiger partial charge in [-0.05, 0) is 23.6 Å². The van der Waals surface area contributed by atoms with Crippen LogP contribution in [0.25, 0.3) is 22.3 Å². The van der Waals surface area contributed by atoms with E-state index in [4.69, 9.17) is 10.5 Å². The van der Waals surface area contributed by atoms with E-state index in [1.807, 2.05) is 13.8 Å². The number of aromatic nitrogens is 4. The Bertz CT molecular complexity index is 1640. The second-order valence-electron chi connectivity index (χ2n) is 9.58. The standard InChI is InChI=1S/C27H25F4IN6O2/c1-5-14(39)10-34-11-27(2,3)12-38-26-20(25(33)35-13-36-26)23(37-38)16-7-6-15(8-17(16)28)40-24-21(31)18(29)9-19(30)22(24)32-4/h5-9,13,34H,1,4,10-12H2,2-3H3,(H2,33,35,36). The van der Waals surface area contributed by atoms with Gasteiger partial charge in [-0.1, -0.05) is 45.7 Å². The van der Waals surface area contributed by atoms with Gasteiger partial charge in [0.05, 0.1) is 15.5 Å². The molecule has 0 unspecified atom stereocenters. The summed E-state index contributed by atoms with van der Waals surface area (Å²) in [5.74, 6) is -5.50. The Morgan fingerprint density at radius 1 is 1.18 bits per heavy atom. The number of hydrogen-bond donors (Lipinski definition) is 2. The van der Waals surface area contributed by atoms with Crippen LogP contribution in [-0.4, -0.2) is 43.1 Å². The second-order valence-corrected chi connectivity index (χ2v) is 11.4. The number of halogens is 5. The molecule has 2 heterocycles. The van der Waals surface area contributed by atoms with Crippen LogP contribution in [-0.2, 0) is 11.3 Å². The van der Waals surface area contributed by atoms with E-state index in [1.165, 1.54) is 24.5 Å². The fourth-order valence-electron chi connectivity index (χ4n) is 4.02. The van der Waals surface area contributed by atoms with Gasteiger partial charge in [-0.2, -0.15) is 9.49 Å². The van der Waals surface area contributed by atoms with Gasteiger partial charge < -0.3 is 15.8 Å². The lowest BCUT2D eigenvalue weighted by Crippen LogP contribution is -2.35. The highest BCUT2D eigenvalue weighted by molar-refractivity contribution is 14.2. The molecule has 0 atom stereocenters. The molecule has 8 nitrogen and oxygen atoms in total. The fourth-order valence-corrected chi connectivity index (χ4v) is 5.23. The van der Waals surface area contributed by atoms with Gasteiger partial charge in [-0.25, -0.2) is 27.8 Å². The Balaban J connectivity index is 1.69. The van der Waals surface area contributed by atoms with Crippen LogP contribution < -0.4 is 15.8 Å². The second kappa shape index (κ2) is 11.8. The Hall–Kier alpha value is -3.72. The Morgan fingerprint density at radius 3 is 2.60 bits per heavy atom. The van der Waals surface area contributed by atoms with Crippen LogP contribution in [0.3, 0.4) is 0 Å². The van der Waals surface area contributed by atoms with Gasteiger partial charge in [0, 0.05) is 30.8 Å². The predicted molar refractivity (Wildman–Crippen MR) is 153 cm³/mol. The summed E-state index contributed by atoms with van der Waals surface area (Å²) in [4.78, 5) is 19.9. The minimum Gasteiger partial charge on any atom is -0.453 e. The summed E-state index contributed by atoms with van der Waals surface area (Å²) >= 11 is -1.27. The molecule has 40 heavy (non-hydrogen) atoms. The molecule has 0 fully saturated rings. The van der Waals surface area contributed by atoms with Crippen molar-refractivity contribution >= 4 is 47.9 Å². The number of ketones is 1. The molecule has 3 N–H and O–H groups in total. The molecule has 4 aromatic rings. The zero-order chi connectivity index (χ0) is 29.2. The van der Waals surface area contributed by atoms with Crippen LogP contribution in [0.1, 0.15) is 13.8 Å². The van der Waals surface area contributed by atoms with Crippen molar-refractivity contribution in [2.75, 3.05) is 18.8 Å². The molecule has 2 aromatic carbocycles. The number of nitrogens with two attached hydrogens (primary N) is 1. The zero-order valence-corrected chi connectivity index (χ0v) is 23.7. The first kappa shape index (κ1) is 29.3. The highest BCUT2D eigenvalue weighted by Crippen LogP contribution is 2.38. The fraction of sp³-hybridized carbons (Fsp3) is 0.222. The molecule has 0 aliphatic heterocycles. The third-order valence-electron chi connectivity index (χ3n) is 5.89. The summed E-state index contributed by atoms with van der Waals surface area (Å²) < 4.78 is 68.3. The van der Waals surface area contributed by atoms with Crippen molar-refractivity contribution < 1.29 is 27.1 Å². The number of benzene rings is 2. The molecule has 210 valence electrons. The largest absolute Gasteiger partial charge is 0.453 e. The summed E-state index contributed by atoms with van der Waals surface area (Å²) in [6.45, 7) is 8.29. The lowest BCUT2D eigenvalue weighted by Gasteiger charge is -2.25. The highest BCUT2D eigenvalue weighted by Gasteiger charge is 2.26. The van der Waals surface area contributed by atoms with E-state index in [9.17, 15) is 18.0 Å². The number of carbonyl (C=O) groups excluding carboxylic acids is 1. The lowest BCUT2D eigenvalue weighted by molar-refractivity contribution is -0.113. The monoisotopic (exact) mass is 668 g/mol. The first-order chi connectivity index (χ1) is 19.0. The zero-order valence-electron chi connectivity index (χ0n) is 21.6. The smallest absolute Gasteiger partial charge is 0.202 e. The maximum Gasteiger partial charge on any atom is 0.202 e. The van der Waals surface area contributed by atoms with Gasteiger partial charge in [0.2, 0.25) is 5.82 Å². The first-order valence-corrected chi connectivity index (χ1v) is 14.4. The minimum atomic E-state index is -1.43. The van der Waals surface area contributed by atoms with E-state index >= 15 is 4.39 Å². The number of nitrogens with one attached hydrogen (secondary N) is 1. The number of nitrogens with zero attached hydrogens (tertiary/aromatic N) is 4. The van der Waals surface area contributed by atoms with E-state index in [0.717, 1.165) is 6.07 Å². The molecule has 2 aromatic heterocycles. The Kier molecular flexibility index (Phi) is 8.63. The maximum atomic E-state index is 15.5. The molecule has 4 rings (SSSR count). The first-order valence-electron chi connectivity index (χ1n) is 11.8. The van der Waals surface area contributed by atoms with Crippen molar-refractivity contribution in [3.05, 3.63) is 70.1 Å². The Labute approximate surface area is 237 Å². The van der Waals surface area contributed by atoms with E-state index in [2.05, 4.69) is 31.5 Å². The van der Waals surface area contributed by atoms with Gasteiger partial charge >= 0.3 is 0 Å². The summed E-state index contributed by atoms with van der Waals surface area (Å²) in [5.41, 5.74) is 6.29. The number of carbonyl (C=O) groups is 1. The van der Waals surface area contributed by atoms with Crippen molar-refractivity contribution in [1.82, 2.24) is 25.1 Å². The molecule has 0 aliphatic rings. The van der Waals surface area contributed by atoms with Crippen molar-refractivity contribution in [3.8, 4) is 22.8 Å². The molecular formula is C27H25F4IN6O2. The summed E-state index contributed by atoms with van der Waals surface area (Å²) in [6.07, 6.45) is 2.52. The number of anilines is 1. The van der Waals surface area contributed by atoms with Gasteiger partial charge in [-0.3, -0.25) is 4.79 Å². The molecule has 0 amide bonds. The van der Waals surface area contributed by atoms with Crippen LogP contribution in [0.5, 0.6) is 11.5 Å². The molecular weight excluding hydrogens is 643 g/mol. The third kappa shape index (κ3) is 6.04. The maximum absolute atomic E-state index is 15.5. The molecule has 0 saturated heterocycles. The van der Waals surface area contributed by atoms with Gasteiger partial charge in [0.1, 0.15) is 35.2 Å². The average Bonchev–Trinajstić information content (AvgIpc) is 3.25. The summed E-state index contributed by atoms with van der Waals surface area (Å²) in [7, 11) is 0. The minimum absolute atomic E-state index is 0.0285. The molecule has 0 saturated carbocycles. The van der Waals surface area contributed by atoms with Crippen molar-refractivity contribution in [2.45, 2.75) is 20.4 Å². The van der Waals surface area contributed by atoms with Gasteiger partial charge in [-0.15, -0.1) is 0 Å². The molecule has 0 aliphatic carbocycles. The van der Waals surface area contributed by atoms with Crippen LogP contribution in [0.15, 0.2) is 43.2 Å². The lowest BCUT2D eigenvalue weighted by atomic mass is 9.93. The van der Waals surface area contributed by atoms with Gasteiger partial charge in [0.15, 0.2) is 23.0 Å². The number of fused-ring (bicyclic) bond motifs is 1. The summed E-state index contributed by atoms with van der Waals surface area (Å²) in [6, 6.07) is 4.04. The van der Waals surface area contributed by atoms with E-state index in [1.54, 1.807) is 4.68 Å². The van der Waals surface area contributed by atoms with Crippen molar-refractivity contribution in [2.24, 2.45) is 5.41 Å². The number of nitrogen functional groups attached to an aromatic ring is 1. The van der Waals surface area contributed by atoms with E-state index in [-0.39, 0.29) is 38.7 Å². The molecule has 0 bridgehead atoms. The van der Waals surface area contributed by atoms with Crippen LogP contribution in [0.4, 0.5) is 23.4 Å². The third-order valence-corrected chi connectivity index (χ3v) is 7.66. The molecule has 0 spiro atoms. The normalized spacial score (nSPS) is 11.7. The topological polar surface area (TPSA) is 108 Å². The van der Waals surface area contributed by atoms with E-state index < -0.39 is 55.2 Å². The van der Waals surface area contributed by atoms with E-state index in [0.29, 0.717) is 30.2 Å². The van der Waals surface area contributed by atoms with Crippen LogP contribution in [0.2, 0.25) is 0 Å². The predicted octanol–water partition coefficient (Wildman–Crippen LogP) is 5.37. The van der Waals surface area contributed by atoms with Crippen molar-refractivity contribution in [1.29, 1.82) is 0 Å². The van der Waals surface area contributed by atoms with Crippen LogP contribution in [0, 0.1) is 32.3 Å². The summed E-state index contributed by atoms with van der Waals surface area (Å²) in [5, 5.41) is 7.99. The molecule has 13 heteroatoms. The number of rotatable bonds is 11. The SMILES string of the molecule is C=CC(=O)CNCC(C)(C)Cn1nc(-c2ccc(Oc3c(F)c(F)cc(F)c3I=C)cc2F)c2c(N)ncnc21. The molecule has 0 radical (unpaired) electrons. The average molecular weight is 668 g/mol. The number of ether oxygens (including phenoxy) is 1. The van der Waals surface area contributed by atoms with Crippen LogP contribution >= 0.6 is 20.7 Å². The number of hydrogen-bond acceptors (Lipinski definition) is 7. The quantitative estimate of drug-likeness (QED) is 0.0959. The van der Waals surface area contributed by atoms with Crippen molar-refractivity contribution in [3.63, 3.8) is 0 Å².